The Balaban J connectivity index is 2.20. The summed E-state index contributed by atoms with van der Waals surface area (Å²) in [6, 6.07) is 1.30. The van der Waals surface area contributed by atoms with Gasteiger partial charge in [-0.15, -0.1) is 0 Å². The van der Waals surface area contributed by atoms with Crippen molar-refractivity contribution in [2.45, 2.75) is 35.4 Å². The molecule has 2 rings (SSSR count). The summed E-state index contributed by atoms with van der Waals surface area (Å²) in [5.74, 6) is 0.128. The molecule has 0 aromatic carbocycles. The van der Waals surface area contributed by atoms with Crippen LogP contribution in [0, 0.1) is 0 Å². The van der Waals surface area contributed by atoms with Gasteiger partial charge in [0.2, 0.25) is 10.0 Å². The Labute approximate surface area is 122 Å². The summed E-state index contributed by atoms with van der Waals surface area (Å²) in [5.41, 5.74) is 5.48. The van der Waals surface area contributed by atoms with Crippen LogP contribution in [-0.4, -0.2) is 30.9 Å². The van der Waals surface area contributed by atoms with Crippen LogP contribution < -0.4 is 10.5 Å². The van der Waals surface area contributed by atoms with E-state index in [1.54, 1.807) is 11.8 Å². The van der Waals surface area contributed by atoms with E-state index < -0.39 is 10.0 Å². The standard InChI is InChI=1S/C11H16ClN3O2S2/c1-18-10-4-2-3-9(10)15-19(16,17)7-5-8(12)11(13)14-6-7/h5-6,9-10,15H,2-4H2,1H3,(H2,13,14). The molecule has 1 aromatic heterocycles. The van der Waals surface area contributed by atoms with Crippen molar-refractivity contribution in [3.63, 3.8) is 0 Å². The topological polar surface area (TPSA) is 85.1 Å². The molecule has 0 bridgehead atoms. The molecular formula is C11H16ClN3O2S2. The molecular weight excluding hydrogens is 306 g/mol. The van der Waals surface area contributed by atoms with E-state index in [0.717, 1.165) is 19.3 Å². The summed E-state index contributed by atoms with van der Waals surface area (Å²) in [6.45, 7) is 0. The molecule has 0 spiro atoms. The van der Waals surface area contributed by atoms with Crippen LogP contribution in [0.4, 0.5) is 5.82 Å². The molecule has 0 aliphatic heterocycles. The van der Waals surface area contributed by atoms with Crippen molar-refractivity contribution in [2.24, 2.45) is 0 Å². The predicted octanol–water partition coefficient (Wildman–Crippen LogP) is 1.88. The molecule has 2 atom stereocenters. The van der Waals surface area contributed by atoms with Gasteiger partial charge in [0, 0.05) is 17.5 Å². The third-order valence-corrected chi connectivity index (χ3v) is 6.15. The molecule has 5 nitrogen and oxygen atoms in total. The summed E-state index contributed by atoms with van der Waals surface area (Å²) in [5, 5.41) is 0.475. The van der Waals surface area contributed by atoms with Gasteiger partial charge in [0.05, 0.1) is 5.02 Å². The van der Waals surface area contributed by atoms with Crippen LogP contribution in [0.2, 0.25) is 5.02 Å². The molecule has 0 radical (unpaired) electrons. The van der Waals surface area contributed by atoms with Crippen molar-refractivity contribution in [3.05, 3.63) is 17.3 Å². The van der Waals surface area contributed by atoms with Gasteiger partial charge in [-0.3, -0.25) is 0 Å². The number of halogens is 1. The Morgan fingerprint density at radius 3 is 2.89 bits per heavy atom. The van der Waals surface area contributed by atoms with Gasteiger partial charge in [-0.1, -0.05) is 18.0 Å². The van der Waals surface area contributed by atoms with Crippen LogP contribution >= 0.6 is 23.4 Å². The maximum atomic E-state index is 12.3. The van der Waals surface area contributed by atoms with E-state index in [-0.39, 0.29) is 21.8 Å². The normalized spacial score (nSPS) is 23.7. The Bertz CT molecular complexity index is 565. The Hall–Kier alpha value is -0.500. The zero-order valence-electron chi connectivity index (χ0n) is 10.5. The average Bonchev–Trinajstić information content (AvgIpc) is 2.79. The summed E-state index contributed by atoms with van der Waals surface area (Å²) < 4.78 is 27.2. The molecule has 1 aromatic rings. The lowest BCUT2D eigenvalue weighted by molar-refractivity contribution is 0.555. The number of nitrogen functional groups attached to an aromatic ring is 1. The van der Waals surface area contributed by atoms with Gasteiger partial charge < -0.3 is 5.73 Å². The maximum Gasteiger partial charge on any atom is 0.242 e. The van der Waals surface area contributed by atoms with Crippen molar-refractivity contribution in [2.75, 3.05) is 12.0 Å². The number of hydrogen-bond acceptors (Lipinski definition) is 5. The zero-order chi connectivity index (χ0) is 14.0. The van der Waals surface area contributed by atoms with Crippen molar-refractivity contribution in [1.29, 1.82) is 0 Å². The fourth-order valence-corrected chi connectivity index (χ4v) is 4.72. The third kappa shape index (κ3) is 3.34. The number of nitrogens with zero attached hydrogens (tertiary/aromatic N) is 1. The minimum Gasteiger partial charge on any atom is -0.382 e. The van der Waals surface area contributed by atoms with Crippen LogP contribution in [0.5, 0.6) is 0 Å². The van der Waals surface area contributed by atoms with E-state index in [1.807, 2.05) is 6.26 Å². The number of sulfonamides is 1. The quantitative estimate of drug-likeness (QED) is 0.884. The first-order chi connectivity index (χ1) is 8.94. The first-order valence-corrected chi connectivity index (χ1v) is 9.05. The minimum atomic E-state index is -3.59. The van der Waals surface area contributed by atoms with Gasteiger partial charge in [-0.05, 0) is 25.2 Å². The van der Waals surface area contributed by atoms with E-state index in [0.29, 0.717) is 5.25 Å². The zero-order valence-corrected chi connectivity index (χ0v) is 12.9. The SMILES string of the molecule is CSC1CCCC1NS(=O)(=O)c1cnc(N)c(Cl)c1. The van der Waals surface area contributed by atoms with E-state index in [9.17, 15) is 8.42 Å². The number of nitrogens with one attached hydrogen (secondary N) is 1. The second-order valence-corrected chi connectivity index (χ2v) is 7.67. The van der Waals surface area contributed by atoms with Crippen LogP contribution in [0.1, 0.15) is 19.3 Å². The molecule has 19 heavy (non-hydrogen) atoms. The van der Waals surface area contributed by atoms with Gasteiger partial charge >= 0.3 is 0 Å². The van der Waals surface area contributed by atoms with Crippen molar-refractivity contribution >= 4 is 39.2 Å². The molecule has 2 unspecified atom stereocenters. The highest BCUT2D eigenvalue weighted by Crippen LogP contribution is 2.29. The molecule has 3 N–H and O–H groups in total. The smallest absolute Gasteiger partial charge is 0.242 e. The van der Waals surface area contributed by atoms with Crippen LogP contribution in [0.15, 0.2) is 17.2 Å². The number of nitrogens with two attached hydrogens (primary N) is 1. The number of pyridine rings is 1. The molecule has 0 saturated heterocycles. The van der Waals surface area contributed by atoms with Crippen molar-refractivity contribution in [3.8, 4) is 0 Å². The highest BCUT2D eigenvalue weighted by atomic mass is 35.5. The van der Waals surface area contributed by atoms with Gasteiger partial charge in [0.25, 0.3) is 0 Å². The van der Waals surface area contributed by atoms with E-state index in [4.69, 9.17) is 17.3 Å². The number of hydrogen-bond donors (Lipinski definition) is 2. The second-order valence-electron chi connectivity index (χ2n) is 4.47. The lowest BCUT2D eigenvalue weighted by Crippen LogP contribution is -2.38. The number of aromatic nitrogens is 1. The second kappa shape index (κ2) is 5.87. The Morgan fingerprint density at radius 1 is 1.53 bits per heavy atom. The molecule has 1 aliphatic carbocycles. The van der Waals surface area contributed by atoms with Gasteiger partial charge in [-0.2, -0.15) is 11.8 Å². The highest BCUT2D eigenvalue weighted by molar-refractivity contribution is 7.99. The molecule has 106 valence electrons. The lowest BCUT2D eigenvalue weighted by atomic mass is 10.3. The molecule has 1 saturated carbocycles. The Kier molecular flexibility index (Phi) is 4.60. The summed E-state index contributed by atoms with van der Waals surface area (Å²) in [6.07, 6.45) is 6.17. The van der Waals surface area contributed by atoms with E-state index >= 15 is 0 Å². The van der Waals surface area contributed by atoms with Gasteiger partial charge in [0.1, 0.15) is 10.7 Å². The fraction of sp³-hybridized carbons (Fsp3) is 0.545. The molecule has 1 heterocycles. The van der Waals surface area contributed by atoms with Gasteiger partial charge in [0.15, 0.2) is 0 Å². The third-order valence-electron chi connectivity index (χ3n) is 3.22. The predicted molar refractivity (Wildman–Crippen MR) is 78.9 cm³/mol. The molecule has 0 amide bonds. The van der Waals surface area contributed by atoms with Crippen LogP contribution in [0.3, 0.4) is 0 Å². The van der Waals surface area contributed by atoms with Crippen LogP contribution in [-0.2, 0) is 10.0 Å². The first-order valence-electron chi connectivity index (χ1n) is 5.90. The number of thioether (sulfide) groups is 1. The molecule has 1 fully saturated rings. The lowest BCUT2D eigenvalue weighted by Gasteiger charge is -2.19. The highest BCUT2D eigenvalue weighted by Gasteiger charge is 2.31. The van der Waals surface area contributed by atoms with E-state index in [2.05, 4.69) is 9.71 Å². The number of rotatable bonds is 4. The van der Waals surface area contributed by atoms with Crippen molar-refractivity contribution in [1.82, 2.24) is 9.71 Å². The monoisotopic (exact) mass is 321 g/mol. The minimum absolute atomic E-state index is 0.0312. The largest absolute Gasteiger partial charge is 0.382 e. The van der Waals surface area contributed by atoms with Crippen LogP contribution in [0.25, 0.3) is 0 Å². The fourth-order valence-electron chi connectivity index (χ4n) is 2.19. The summed E-state index contributed by atoms with van der Waals surface area (Å²) >= 11 is 7.50. The summed E-state index contributed by atoms with van der Waals surface area (Å²) in [4.78, 5) is 3.83. The van der Waals surface area contributed by atoms with Gasteiger partial charge in [-0.25, -0.2) is 18.1 Å². The summed E-state index contributed by atoms with van der Waals surface area (Å²) in [7, 11) is -3.59. The molecule has 8 heteroatoms. The van der Waals surface area contributed by atoms with E-state index in [1.165, 1.54) is 12.3 Å². The number of anilines is 1. The maximum absolute atomic E-state index is 12.3. The first kappa shape index (κ1) is 14.9. The molecule has 1 aliphatic rings. The van der Waals surface area contributed by atoms with Crippen molar-refractivity contribution < 1.29 is 8.42 Å². The average molecular weight is 322 g/mol. The Morgan fingerprint density at radius 2 is 2.26 bits per heavy atom.